The molecular weight excluding hydrogens is 222 g/mol. The lowest BCUT2D eigenvalue weighted by molar-refractivity contribution is 0.274. The second-order valence-corrected chi connectivity index (χ2v) is 5.50. The Labute approximate surface area is 108 Å². The van der Waals surface area contributed by atoms with Crippen molar-refractivity contribution in [1.29, 1.82) is 0 Å². The summed E-state index contributed by atoms with van der Waals surface area (Å²) in [5, 5.41) is 4.93. The molecule has 18 heavy (non-hydrogen) atoms. The largest absolute Gasteiger partial charge is 0.381 e. The predicted molar refractivity (Wildman–Crippen MR) is 77.0 cm³/mol. The molecule has 1 aromatic carbocycles. The Morgan fingerprint density at radius 1 is 1.33 bits per heavy atom. The van der Waals surface area contributed by atoms with E-state index in [9.17, 15) is 0 Å². The molecule has 1 aliphatic heterocycles. The van der Waals surface area contributed by atoms with Crippen molar-refractivity contribution in [2.75, 3.05) is 18.4 Å². The number of fused-ring (bicyclic) bond motifs is 1. The van der Waals surface area contributed by atoms with E-state index in [-0.39, 0.29) is 0 Å². The summed E-state index contributed by atoms with van der Waals surface area (Å²) in [6.07, 6.45) is 3.23. The van der Waals surface area contributed by atoms with Crippen LogP contribution >= 0.6 is 0 Å². The van der Waals surface area contributed by atoms with Crippen molar-refractivity contribution in [3.8, 4) is 0 Å². The summed E-state index contributed by atoms with van der Waals surface area (Å²) in [7, 11) is 0. The van der Waals surface area contributed by atoms with Crippen LogP contribution in [-0.2, 0) is 0 Å². The Balaban J connectivity index is 1.69. The zero-order valence-corrected chi connectivity index (χ0v) is 11.1. The molecule has 1 saturated heterocycles. The molecule has 1 aliphatic rings. The third-order valence-electron chi connectivity index (χ3n) is 3.87. The van der Waals surface area contributed by atoms with E-state index in [0.717, 1.165) is 6.54 Å². The summed E-state index contributed by atoms with van der Waals surface area (Å²) < 4.78 is 0. The summed E-state index contributed by atoms with van der Waals surface area (Å²) in [5.74, 6) is 0. The molecule has 0 bridgehead atoms. The van der Waals surface area contributed by atoms with Gasteiger partial charge in [0.15, 0.2) is 0 Å². The molecule has 0 saturated carbocycles. The number of anilines is 1. The topological polar surface area (TPSA) is 31.1 Å². The summed E-state index contributed by atoms with van der Waals surface area (Å²) in [6.45, 7) is 6.91. The summed E-state index contributed by atoms with van der Waals surface area (Å²) in [6, 6.07) is 9.90. The van der Waals surface area contributed by atoms with Crippen LogP contribution in [0.25, 0.3) is 10.9 Å². The van der Waals surface area contributed by atoms with Crippen molar-refractivity contribution in [3.63, 3.8) is 0 Å². The first-order chi connectivity index (χ1) is 8.72. The molecule has 1 atom stereocenters. The first-order valence-corrected chi connectivity index (χ1v) is 6.80. The predicted octanol–water partition coefficient (Wildman–Crippen LogP) is 3.06. The second kappa shape index (κ2) is 4.65. The molecule has 2 N–H and O–H groups in total. The Morgan fingerprint density at radius 3 is 3.00 bits per heavy atom. The number of benzene rings is 1. The molecule has 2 heterocycles. The van der Waals surface area contributed by atoms with Gasteiger partial charge in [0.05, 0.1) is 0 Å². The molecule has 3 heteroatoms. The van der Waals surface area contributed by atoms with Gasteiger partial charge in [0.1, 0.15) is 0 Å². The smallest absolute Gasteiger partial charge is 0.0455 e. The van der Waals surface area contributed by atoms with Crippen molar-refractivity contribution in [3.05, 3.63) is 30.5 Å². The molecule has 1 aromatic heterocycles. The van der Waals surface area contributed by atoms with Gasteiger partial charge in [-0.3, -0.25) is 4.90 Å². The van der Waals surface area contributed by atoms with Crippen molar-refractivity contribution in [2.45, 2.75) is 32.4 Å². The van der Waals surface area contributed by atoms with Crippen LogP contribution in [0.3, 0.4) is 0 Å². The minimum atomic E-state index is 0.587. The number of nitrogens with one attached hydrogen (secondary N) is 2. The van der Waals surface area contributed by atoms with Gasteiger partial charge in [-0.05, 0) is 44.5 Å². The highest BCUT2D eigenvalue weighted by Gasteiger charge is 2.23. The maximum absolute atomic E-state index is 3.65. The minimum absolute atomic E-state index is 0.587. The van der Waals surface area contributed by atoms with E-state index >= 15 is 0 Å². The van der Waals surface area contributed by atoms with Crippen molar-refractivity contribution in [1.82, 2.24) is 9.88 Å². The number of likely N-dealkylation sites (tertiary alicyclic amines) is 1. The molecule has 0 radical (unpaired) electrons. The Kier molecular flexibility index (Phi) is 3.00. The molecule has 96 valence electrons. The third-order valence-corrected chi connectivity index (χ3v) is 3.87. The fraction of sp³-hybridized carbons (Fsp3) is 0.467. The van der Waals surface area contributed by atoms with Gasteiger partial charge in [0.2, 0.25) is 0 Å². The lowest BCUT2D eigenvalue weighted by Gasteiger charge is -2.20. The summed E-state index contributed by atoms with van der Waals surface area (Å²) in [5.41, 5.74) is 2.44. The van der Waals surface area contributed by atoms with Crippen LogP contribution in [0, 0.1) is 0 Å². The Morgan fingerprint density at radius 2 is 2.22 bits per heavy atom. The van der Waals surface area contributed by atoms with E-state index < -0.39 is 0 Å². The maximum Gasteiger partial charge on any atom is 0.0455 e. The van der Waals surface area contributed by atoms with Crippen molar-refractivity contribution in [2.24, 2.45) is 0 Å². The summed E-state index contributed by atoms with van der Waals surface area (Å²) >= 11 is 0. The minimum Gasteiger partial charge on any atom is -0.381 e. The fourth-order valence-electron chi connectivity index (χ4n) is 2.75. The van der Waals surface area contributed by atoms with E-state index in [0.29, 0.717) is 12.1 Å². The average molecular weight is 243 g/mol. The first-order valence-electron chi connectivity index (χ1n) is 6.80. The third kappa shape index (κ3) is 2.23. The molecule has 3 nitrogen and oxygen atoms in total. The number of nitrogens with zero attached hydrogens (tertiary/aromatic N) is 1. The molecule has 3 rings (SSSR count). The van der Waals surface area contributed by atoms with Crippen LogP contribution in [0.2, 0.25) is 0 Å². The van der Waals surface area contributed by atoms with E-state index in [1.165, 1.54) is 29.6 Å². The number of hydrogen-bond acceptors (Lipinski definition) is 2. The zero-order chi connectivity index (χ0) is 12.5. The molecule has 1 fully saturated rings. The quantitative estimate of drug-likeness (QED) is 0.868. The number of aromatic amines is 1. The van der Waals surface area contributed by atoms with Gasteiger partial charge in [0.25, 0.3) is 0 Å². The molecule has 0 amide bonds. The maximum atomic E-state index is 3.65. The van der Waals surface area contributed by atoms with Gasteiger partial charge < -0.3 is 10.3 Å². The summed E-state index contributed by atoms with van der Waals surface area (Å²) in [4.78, 5) is 5.76. The molecule has 0 aliphatic carbocycles. The van der Waals surface area contributed by atoms with E-state index in [2.05, 4.69) is 53.3 Å². The first kappa shape index (κ1) is 11.6. The number of rotatable bonds is 3. The van der Waals surface area contributed by atoms with Crippen molar-refractivity contribution < 1.29 is 0 Å². The van der Waals surface area contributed by atoms with Crippen LogP contribution in [0.5, 0.6) is 0 Å². The van der Waals surface area contributed by atoms with Gasteiger partial charge in [0, 0.05) is 48.0 Å². The van der Waals surface area contributed by atoms with Gasteiger partial charge in [-0.1, -0.05) is 0 Å². The van der Waals surface area contributed by atoms with Gasteiger partial charge in [-0.2, -0.15) is 0 Å². The zero-order valence-electron chi connectivity index (χ0n) is 11.1. The van der Waals surface area contributed by atoms with Crippen LogP contribution in [-0.4, -0.2) is 35.1 Å². The normalized spacial score (nSPS) is 20.9. The van der Waals surface area contributed by atoms with Crippen LogP contribution in [0.1, 0.15) is 20.3 Å². The lowest BCUT2D eigenvalue weighted by atomic mass is 10.2. The number of aromatic nitrogens is 1. The van der Waals surface area contributed by atoms with E-state index in [1.807, 2.05) is 6.20 Å². The van der Waals surface area contributed by atoms with E-state index in [4.69, 9.17) is 0 Å². The van der Waals surface area contributed by atoms with Gasteiger partial charge >= 0.3 is 0 Å². The second-order valence-electron chi connectivity index (χ2n) is 5.50. The monoisotopic (exact) mass is 243 g/mol. The van der Waals surface area contributed by atoms with Gasteiger partial charge in [-0.25, -0.2) is 0 Å². The van der Waals surface area contributed by atoms with E-state index in [1.54, 1.807) is 0 Å². The standard InChI is InChI=1S/C15H21N3/c1-11(2)18-8-6-14(10-18)17-13-3-4-15-12(9-13)5-7-16-15/h3-5,7,9,11,14,16-17H,6,8,10H2,1-2H3. The highest BCUT2D eigenvalue weighted by molar-refractivity contribution is 5.83. The number of hydrogen-bond donors (Lipinski definition) is 2. The average Bonchev–Trinajstić information content (AvgIpc) is 2.96. The molecular formula is C15H21N3. The van der Waals surface area contributed by atoms with Gasteiger partial charge in [-0.15, -0.1) is 0 Å². The van der Waals surface area contributed by atoms with Crippen LogP contribution in [0.15, 0.2) is 30.5 Å². The Bertz CT molecular complexity index is 529. The number of H-pyrrole nitrogens is 1. The molecule has 0 spiro atoms. The Hall–Kier alpha value is -1.48. The lowest BCUT2D eigenvalue weighted by Crippen LogP contribution is -2.31. The fourth-order valence-corrected chi connectivity index (χ4v) is 2.75. The molecule has 1 unspecified atom stereocenters. The van der Waals surface area contributed by atoms with Crippen LogP contribution < -0.4 is 5.32 Å². The highest BCUT2D eigenvalue weighted by atomic mass is 15.2. The van der Waals surface area contributed by atoms with Crippen LogP contribution in [0.4, 0.5) is 5.69 Å². The van der Waals surface area contributed by atoms with Crippen molar-refractivity contribution >= 4 is 16.6 Å². The SMILES string of the molecule is CC(C)N1CCC(Nc2ccc3[nH]ccc3c2)C1. The highest BCUT2D eigenvalue weighted by Crippen LogP contribution is 2.21. The molecule has 2 aromatic rings.